The van der Waals surface area contributed by atoms with Crippen molar-refractivity contribution in [3.05, 3.63) is 41.1 Å². The third-order valence-electron chi connectivity index (χ3n) is 3.24. The van der Waals surface area contributed by atoms with Gasteiger partial charge in [-0.2, -0.15) is 0 Å². The van der Waals surface area contributed by atoms with Crippen LogP contribution in [0.2, 0.25) is 0 Å². The van der Waals surface area contributed by atoms with E-state index in [1.165, 1.54) is 29.7 Å². The molecule has 0 aliphatic heterocycles. The number of nitrogens with zero attached hydrogens (tertiary/aromatic N) is 1. The summed E-state index contributed by atoms with van der Waals surface area (Å²) >= 11 is 0. The predicted molar refractivity (Wildman–Crippen MR) is 63.3 cm³/mol. The minimum Gasteiger partial charge on any atom is -0.356 e. The zero-order valence-electron chi connectivity index (χ0n) is 9.49. The van der Waals surface area contributed by atoms with Crippen LogP contribution < -0.4 is 0 Å². The summed E-state index contributed by atoms with van der Waals surface area (Å²) in [4.78, 5) is 0. The minimum atomic E-state index is 0.985. The van der Waals surface area contributed by atoms with E-state index in [1.807, 2.05) is 0 Å². The van der Waals surface area contributed by atoms with Crippen molar-refractivity contribution in [1.82, 2.24) is 5.16 Å². The number of hydrogen-bond donors (Lipinski definition) is 0. The van der Waals surface area contributed by atoms with E-state index in [9.17, 15) is 0 Å². The molecule has 0 atom stereocenters. The maximum Gasteiger partial charge on any atom is 0.170 e. The number of aromatic nitrogens is 1. The van der Waals surface area contributed by atoms with Crippen LogP contribution in [0.4, 0.5) is 0 Å². The second kappa shape index (κ2) is 3.78. The van der Waals surface area contributed by atoms with E-state index in [0.717, 1.165) is 24.2 Å². The molecule has 16 heavy (non-hydrogen) atoms. The summed E-state index contributed by atoms with van der Waals surface area (Å²) in [6, 6.07) is 8.44. The molecule has 1 aliphatic rings. The van der Waals surface area contributed by atoms with Crippen LogP contribution in [0.5, 0.6) is 0 Å². The third-order valence-corrected chi connectivity index (χ3v) is 3.24. The molecule has 3 rings (SSSR count). The van der Waals surface area contributed by atoms with Crippen LogP contribution in [0.1, 0.15) is 29.7 Å². The first-order chi connectivity index (χ1) is 7.84. The molecule has 0 fully saturated rings. The Balaban J connectivity index is 2.09. The number of fused-ring (bicyclic) bond motifs is 1. The molecule has 0 spiro atoms. The van der Waals surface area contributed by atoms with E-state index in [2.05, 4.69) is 36.3 Å². The Hall–Kier alpha value is -1.57. The smallest absolute Gasteiger partial charge is 0.170 e. The maximum absolute atomic E-state index is 5.51. The van der Waals surface area contributed by atoms with E-state index in [-0.39, 0.29) is 0 Å². The lowest BCUT2D eigenvalue weighted by Gasteiger charge is -2.09. The van der Waals surface area contributed by atoms with Gasteiger partial charge in [0.1, 0.15) is 0 Å². The van der Waals surface area contributed by atoms with Crippen molar-refractivity contribution in [3.63, 3.8) is 0 Å². The minimum absolute atomic E-state index is 0.985. The van der Waals surface area contributed by atoms with Gasteiger partial charge >= 0.3 is 0 Å². The predicted octanol–water partition coefficient (Wildman–Crippen LogP) is 3.53. The van der Waals surface area contributed by atoms with Gasteiger partial charge in [0.15, 0.2) is 5.76 Å². The first-order valence-corrected chi connectivity index (χ1v) is 5.89. The van der Waals surface area contributed by atoms with Gasteiger partial charge in [-0.15, -0.1) is 0 Å². The van der Waals surface area contributed by atoms with E-state index in [0.29, 0.717) is 0 Å². The highest BCUT2D eigenvalue weighted by atomic mass is 16.5. The second-order valence-electron chi connectivity index (χ2n) is 4.51. The van der Waals surface area contributed by atoms with Crippen molar-refractivity contribution in [2.75, 3.05) is 0 Å². The van der Waals surface area contributed by atoms with Gasteiger partial charge in [-0.25, -0.2) is 0 Å². The summed E-state index contributed by atoms with van der Waals surface area (Å²) in [7, 11) is 0. The van der Waals surface area contributed by atoms with Crippen LogP contribution >= 0.6 is 0 Å². The Morgan fingerprint density at radius 2 is 2.06 bits per heavy atom. The van der Waals surface area contributed by atoms with Gasteiger partial charge in [0, 0.05) is 11.1 Å². The zero-order chi connectivity index (χ0) is 11.0. The maximum atomic E-state index is 5.51. The highest BCUT2D eigenvalue weighted by Crippen LogP contribution is 2.31. The molecule has 1 aromatic heterocycles. The molecule has 0 amide bonds. The Morgan fingerprint density at radius 1 is 1.19 bits per heavy atom. The number of rotatable bonds is 1. The first kappa shape index (κ1) is 9.64. The molecule has 0 N–H and O–H groups in total. The van der Waals surface area contributed by atoms with E-state index >= 15 is 0 Å². The average molecular weight is 213 g/mol. The molecule has 0 bridgehead atoms. The highest BCUT2D eigenvalue weighted by molar-refractivity contribution is 5.63. The molecular formula is C14H15NO. The Morgan fingerprint density at radius 3 is 2.94 bits per heavy atom. The van der Waals surface area contributed by atoms with Gasteiger partial charge in [0.2, 0.25) is 0 Å². The number of benzene rings is 1. The van der Waals surface area contributed by atoms with Crippen molar-refractivity contribution >= 4 is 0 Å². The normalized spacial score (nSPS) is 14.8. The lowest BCUT2D eigenvalue weighted by atomic mass is 9.94. The molecule has 2 aromatic rings. The van der Waals surface area contributed by atoms with Crippen molar-refractivity contribution in [3.8, 4) is 11.3 Å². The Labute approximate surface area is 95.3 Å². The fourth-order valence-corrected chi connectivity index (χ4v) is 2.40. The summed E-state index contributed by atoms with van der Waals surface area (Å²) in [5, 5.41) is 4.19. The highest BCUT2D eigenvalue weighted by Gasteiger charge is 2.20. The fraction of sp³-hybridized carbons (Fsp3) is 0.357. The van der Waals surface area contributed by atoms with Crippen LogP contribution in [0.15, 0.2) is 28.8 Å². The lowest BCUT2D eigenvalue weighted by molar-refractivity contribution is 0.423. The first-order valence-electron chi connectivity index (χ1n) is 5.89. The average Bonchev–Trinajstić information content (AvgIpc) is 2.72. The fourth-order valence-electron chi connectivity index (χ4n) is 2.40. The van der Waals surface area contributed by atoms with E-state index in [4.69, 9.17) is 4.52 Å². The van der Waals surface area contributed by atoms with Gasteiger partial charge in [-0.05, 0) is 38.7 Å². The van der Waals surface area contributed by atoms with Crippen molar-refractivity contribution in [1.29, 1.82) is 0 Å². The van der Waals surface area contributed by atoms with E-state index < -0.39 is 0 Å². The molecule has 1 aromatic carbocycles. The molecular weight excluding hydrogens is 198 g/mol. The summed E-state index contributed by atoms with van der Waals surface area (Å²) < 4.78 is 5.51. The van der Waals surface area contributed by atoms with Crippen LogP contribution in [-0.4, -0.2) is 5.16 Å². The largest absolute Gasteiger partial charge is 0.356 e. The molecule has 82 valence electrons. The van der Waals surface area contributed by atoms with Crippen molar-refractivity contribution in [2.45, 2.75) is 32.6 Å². The van der Waals surface area contributed by atoms with Crippen LogP contribution in [0.25, 0.3) is 11.3 Å². The van der Waals surface area contributed by atoms with Gasteiger partial charge in [0.05, 0.1) is 5.69 Å². The topological polar surface area (TPSA) is 26.0 Å². The molecule has 2 heteroatoms. The van der Waals surface area contributed by atoms with Crippen LogP contribution in [-0.2, 0) is 12.8 Å². The van der Waals surface area contributed by atoms with E-state index in [1.54, 1.807) is 0 Å². The second-order valence-corrected chi connectivity index (χ2v) is 4.51. The number of aryl methyl sites for hydroxylation is 2. The van der Waals surface area contributed by atoms with Gasteiger partial charge in [-0.3, -0.25) is 0 Å². The summed E-state index contributed by atoms with van der Waals surface area (Å²) in [6.45, 7) is 2.10. The van der Waals surface area contributed by atoms with Gasteiger partial charge in [-0.1, -0.05) is 28.9 Å². The zero-order valence-corrected chi connectivity index (χ0v) is 9.49. The quantitative estimate of drug-likeness (QED) is 0.724. The summed E-state index contributed by atoms with van der Waals surface area (Å²) in [6.07, 6.45) is 4.69. The van der Waals surface area contributed by atoms with Crippen molar-refractivity contribution in [2.24, 2.45) is 0 Å². The summed E-state index contributed by atoms with van der Waals surface area (Å²) in [5.74, 6) is 0.985. The molecule has 0 unspecified atom stereocenters. The Bertz CT molecular complexity index is 513. The molecule has 1 heterocycles. The van der Waals surface area contributed by atoms with Gasteiger partial charge < -0.3 is 4.52 Å². The van der Waals surface area contributed by atoms with Gasteiger partial charge in [0.25, 0.3) is 0 Å². The van der Waals surface area contributed by atoms with Crippen molar-refractivity contribution < 1.29 is 4.52 Å². The lowest BCUT2D eigenvalue weighted by Crippen LogP contribution is -2.01. The summed E-state index contributed by atoms with van der Waals surface area (Å²) in [5.41, 5.74) is 4.92. The molecule has 2 nitrogen and oxygen atoms in total. The van der Waals surface area contributed by atoms with Crippen LogP contribution in [0.3, 0.4) is 0 Å². The monoisotopic (exact) mass is 213 g/mol. The third kappa shape index (κ3) is 1.54. The molecule has 1 aliphatic carbocycles. The SMILES string of the molecule is Cc1cccc(-c2onc3c2CCCC3)c1. The van der Waals surface area contributed by atoms with Crippen LogP contribution in [0, 0.1) is 6.92 Å². The Kier molecular flexibility index (Phi) is 2.28. The molecule has 0 saturated carbocycles. The number of hydrogen-bond acceptors (Lipinski definition) is 2. The molecule has 0 radical (unpaired) electrons. The standard InChI is InChI=1S/C14H15NO/c1-10-5-4-6-11(9-10)14-12-7-2-3-8-13(12)15-16-14/h4-6,9H,2-3,7-8H2,1H3. The molecule has 0 saturated heterocycles.